The highest BCUT2D eigenvalue weighted by Gasteiger charge is 2.20. The Balaban J connectivity index is 1.63. The number of rotatable bonds is 11. The van der Waals surface area contributed by atoms with Crippen LogP contribution in [0, 0.1) is 0 Å². The van der Waals surface area contributed by atoms with Crippen LogP contribution < -0.4 is 4.74 Å². The van der Waals surface area contributed by atoms with E-state index < -0.39 is 6.10 Å². The lowest BCUT2D eigenvalue weighted by Crippen LogP contribution is -2.28. The molecule has 0 amide bonds. The van der Waals surface area contributed by atoms with Gasteiger partial charge in [0.1, 0.15) is 12.4 Å². The van der Waals surface area contributed by atoms with Crippen molar-refractivity contribution in [3.8, 4) is 5.75 Å². The minimum Gasteiger partial charge on any atom is -0.490 e. The average molecular weight is 437 g/mol. The standard InChI is InChI=1S/C26H28O4S/c1-3-28-24(26(27)29-4-2)19-20-12-14-22(15-13-20)30-17-16-23(25-11-8-18-31-25)21-9-6-5-7-10-21/h5-16,18,24H,3-4,17,19H2,1-2H3. The summed E-state index contributed by atoms with van der Waals surface area (Å²) in [5.41, 5.74) is 3.34. The van der Waals surface area contributed by atoms with Crippen molar-refractivity contribution in [2.24, 2.45) is 0 Å². The summed E-state index contributed by atoms with van der Waals surface area (Å²) in [6.07, 6.45) is 2.00. The maximum absolute atomic E-state index is 12.0. The molecular formula is C26H28O4S. The van der Waals surface area contributed by atoms with Gasteiger partial charge in [-0.05, 0) is 60.2 Å². The molecule has 31 heavy (non-hydrogen) atoms. The molecule has 2 aromatic carbocycles. The largest absolute Gasteiger partial charge is 0.490 e. The molecule has 3 aromatic rings. The molecule has 0 aliphatic rings. The smallest absolute Gasteiger partial charge is 0.335 e. The molecule has 0 spiro atoms. The number of hydrogen-bond donors (Lipinski definition) is 0. The summed E-state index contributed by atoms with van der Waals surface area (Å²) < 4.78 is 16.6. The van der Waals surface area contributed by atoms with Gasteiger partial charge in [-0.1, -0.05) is 48.5 Å². The van der Waals surface area contributed by atoms with Crippen molar-refractivity contribution < 1.29 is 19.0 Å². The molecule has 0 saturated heterocycles. The predicted molar refractivity (Wildman–Crippen MR) is 126 cm³/mol. The van der Waals surface area contributed by atoms with Crippen LogP contribution in [0.3, 0.4) is 0 Å². The maximum Gasteiger partial charge on any atom is 0.335 e. The summed E-state index contributed by atoms with van der Waals surface area (Å²) in [5, 5.41) is 2.08. The van der Waals surface area contributed by atoms with Crippen molar-refractivity contribution in [3.05, 3.63) is 94.2 Å². The van der Waals surface area contributed by atoms with E-state index in [4.69, 9.17) is 14.2 Å². The first-order chi connectivity index (χ1) is 15.2. The van der Waals surface area contributed by atoms with Crippen LogP contribution in [0.15, 0.2) is 78.2 Å². The van der Waals surface area contributed by atoms with E-state index in [0.717, 1.165) is 11.3 Å². The Morgan fingerprint density at radius 3 is 2.39 bits per heavy atom. The minimum absolute atomic E-state index is 0.322. The second-order valence-corrected chi connectivity index (χ2v) is 7.76. The van der Waals surface area contributed by atoms with Crippen LogP contribution in [0.25, 0.3) is 5.57 Å². The zero-order valence-corrected chi connectivity index (χ0v) is 18.8. The molecule has 0 aliphatic carbocycles. The minimum atomic E-state index is -0.584. The van der Waals surface area contributed by atoms with E-state index in [-0.39, 0.29) is 5.97 Å². The number of esters is 1. The van der Waals surface area contributed by atoms with E-state index in [1.165, 1.54) is 16.0 Å². The molecule has 4 nitrogen and oxygen atoms in total. The summed E-state index contributed by atoms with van der Waals surface area (Å²) in [6, 6.07) is 22.3. The monoisotopic (exact) mass is 436 g/mol. The van der Waals surface area contributed by atoms with Crippen LogP contribution in [-0.4, -0.2) is 31.9 Å². The SMILES string of the molecule is CCOC(=O)C(Cc1ccc(OCC=C(c2ccccc2)c2cccs2)cc1)OCC. The molecule has 0 radical (unpaired) electrons. The Morgan fingerprint density at radius 2 is 1.74 bits per heavy atom. The molecule has 1 atom stereocenters. The van der Waals surface area contributed by atoms with Crippen molar-refractivity contribution >= 4 is 22.9 Å². The Bertz CT molecular complexity index is 947. The zero-order chi connectivity index (χ0) is 21.9. The predicted octanol–water partition coefficient (Wildman–Crippen LogP) is 5.77. The third-order valence-electron chi connectivity index (χ3n) is 4.67. The first kappa shape index (κ1) is 22.8. The summed E-state index contributed by atoms with van der Waals surface area (Å²) in [5.74, 6) is 0.458. The molecule has 0 aliphatic heterocycles. The summed E-state index contributed by atoms with van der Waals surface area (Å²) >= 11 is 1.72. The first-order valence-electron chi connectivity index (χ1n) is 10.5. The van der Waals surface area contributed by atoms with E-state index >= 15 is 0 Å². The lowest BCUT2D eigenvalue weighted by atomic mass is 10.0. The van der Waals surface area contributed by atoms with E-state index in [1.807, 2.05) is 49.4 Å². The van der Waals surface area contributed by atoms with Gasteiger partial charge in [0.25, 0.3) is 0 Å². The lowest BCUT2D eigenvalue weighted by Gasteiger charge is -2.15. The van der Waals surface area contributed by atoms with Crippen LogP contribution in [0.2, 0.25) is 0 Å². The van der Waals surface area contributed by atoms with Gasteiger partial charge in [-0.3, -0.25) is 0 Å². The Morgan fingerprint density at radius 1 is 0.968 bits per heavy atom. The number of carbonyl (C=O) groups excluding carboxylic acids is 1. The Labute approximate surface area is 188 Å². The fourth-order valence-electron chi connectivity index (χ4n) is 3.21. The number of carbonyl (C=O) groups is 1. The molecule has 3 rings (SSSR count). The summed E-state index contributed by atoms with van der Waals surface area (Å²) in [4.78, 5) is 13.3. The molecule has 1 aromatic heterocycles. The molecule has 0 N–H and O–H groups in total. The zero-order valence-electron chi connectivity index (χ0n) is 18.0. The van der Waals surface area contributed by atoms with Crippen molar-refractivity contribution in [3.63, 3.8) is 0 Å². The van der Waals surface area contributed by atoms with Gasteiger partial charge in [-0.15, -0.1) is 11.3 Å². The first-order valence-corrected chi connectivity index (χ1v) is 11.4. The molecular weight excluding hydrogens is 408 g/mol. The van der Waals surface area contributed by atoms with E-state index in [2.05, 4.69) is 35.7 Å². The van der Waals surface area contributed by atoms with Gasteiger partial charge in [0.05, 0.1) is 6.61 Å². The highest BCUT2D eigenvalue weighted by molar-refractivity contribution is 7.11. The maximum atomic E-state index is 12.0. The van der Waals surface area contributed by atoms with Crippen LogP contribution in [-0.2, 0) is 20.7 Å². The topological polar surface area (TPSA) is 44.8 Å². The molecule has 1 unspecified atom stereocenters. The third-order valence-corrected chi connectivity index (χ3v) is 5.57. The van der Waals surface area contributed by atoms with E-state index in [0.29, 0.717) is 26.2 Å². The van der Waals surface area contributed by atoms with Crippen LogP contribution in [0.4, 0.5) is 0 Å². The fourth-order valence-corrected chi connectivity index (χ4v) is 4.00. The van der Waals surface area contributed by atoms with Crippen molar-refractivity contribution in [1.29, 1.82) is 0 Å². The van der Waals surface area contributed by atoms with Gasteiger partial charge >= 0.3 is 5.97 Å². The second kappa shape index (κ2) is 12.1. The summed E-state index contributed by atoms with van der Waals surface area (Å²) in [6.45, 7) is 4.94. The molecule has 1 heterocycles. The number of hydrogen-bond acceptors (Lipinski definition) is 5. The van der Waals surface area contributed by atoms with Crippen molar-refractivity contribution in [2.45, 2.75) is 26.4 Å². The van der Waals surface area contributed by atoms with Crippen LogP contribution in [0.1, 0.15) is 29.9 Å². The average Bonchev–Trinajstić information content (AvgIpc) is 3.33. The highest BCUT2D eigenvalue weighted by Crippen LogP contribution is 2.27. The molecule has 0 saturated carbocycles. The molecule has 5 heteroatoms. The lowest BCUT2D eigenvalue weighted by molar-refractivity contribution is -0.156. The highest BCUT2D eigenvalue weighted by atomic mass is 32.1. The third kappa shape index (κ3) is 6.81. The van der Waals surface area contributed by atoms with Gasteiger partial charge < -0.3 is 14.2 Å². The van der Waals surface area contributed by atoms with Gasteiger partial charge in [0, 0.05) is 17.9 Å². The molecule has 162 valence electrons. The quantitative estimate of drug-likeness (QED) is 0.358. The van der Waals surface area contributed by atoms with Crippen molar-refractivity contribution in [1.82, 2.24) is 0 Å². The van der Waals surface area contributed by atoms with Gasteiger partial charge in [-0.2, -0.15) is 0 Å². The van der Waals surface area contributed by atoms with Crippen LogP contribution in [0.5, 0.6) is 5.75 Å². The van der Waals surface area contributed by atoms with Crippen LogP contribution >= 0.6 is 11.3 Å². The molecule has 0 bridgehead atoms. The van der Waals surface area contributed by atoms with E-state index in [9.17, 15) is 4.79 Å². The Hall–Kier alpha value is -2.89. The Kier molecular flexibility index (Phi) is 8.88. The van der Waals surface area contributed by atoms with Gasteiger partial charge in [0.2, 0.25) is 0 Å². The van der Waals surface area contributed by atoms with Gasteiger partial charge in [0.15, 0.2) is 6.10 Å². The number of thiophene rings is 1. The number of benzene rings is 2. The molecule has 0 fully saturated rings. The second-order valence-electron chi connectivity index (χ2n) is 6.82. The fraction of sp³-hybridized carbons (Fsp3) is 0.269. The summed E-state index contributed by atoms with van der Waals surface area (Å²) in [7, 11) is 0. The van der Waals surface area contributed by atoms with Gasteiger partial charge in [-0.25, -0.2) is 4.79 Å². The van der Waals surface area contributed by atoms with Crippen molar-refractivity contribution in [2.75, 3.05) is 19.8 Å². The number of ether oxygens (including phenoxy) is 3. The normalized spacial score (nSPS) is 12.4. The van der Waals surface area contributed by atoms with E-state index in [1.54, 1.807) is 18.3 Å².